The molecule has 0 aliphatic rings. The largest absolute Gasteiger partial charge is 0.494 e. The molecule has 0 saturated carbocycles. The standard InChI is InChI=1S/C19H33NO/c1-5-9-11-16(6-2)14-19(20-7-3)17-12-10-13-18(15-17)21-8-4/h10,12-13,15-16,19-20H,5-9,11,14H2,1-4H3. The summed E-state index contributed by atoms with van der Waals surface area (Å²) < 4.78 is 5.64. The van der Waals surface area contributed by atoms with Gasteiger partial charge < -0.3 is 10.1 Å². The minimum Gasteiger partial charge on any atom is -0.494 e. The van der Waals surface area contributed by atoms with Gasteiger partial charge in [0.05, 0.1) is 6.61 Å². The van der Waals surface area contributed by atoms with Crippen molar-refractivity contribution in [1.82, 2.24) is 5.32 Å². The molecule has 120 valence electrons. The molecule has 0 heterocycles. The summed E-state index contributed by atoms with van der Waals surface area (Å²) in [6, 6.07) is 9.02. The second-order valence-electron chi connectivity index (χ2n) is 5.77. The van der Waals surface area contributed by atoms with E-state index < -0.39 is 0 Å². The molecule has 0 amide bonds. The van der Waals surface area contributed by atoms with Gasteiger partial charge in [-0.25, -0.2) is 0 Å². The van der Waals surface area contributed by atoms with Crippen LogP contribution in [0.2, 0.25) is 0 Å². The Hall–Kier alpha value is -1.02. The molecular weight excluding hydrogens is 258 g/mol. The molecular formula is C19H33NO. The maximum atomic E-state index is 5.64. The van der Waals surface area contributed by atoms with Gasteiger partial charge in [-0.05, 0) is 43.5 Å². The van der Waals surface area contributed by atoms with Crippen LogP contribution in [0.15, 0.2) is 24.3 Å². The van der Waals surface area contributed by atoms with E-state index in [9.17, 15) is 0 Å². The van der Waals surface area contributed by atoms with Crippen LogP contribution in [-0.4, -0.2) is 13.2 Å². The lowest BCUT2D eigenvalue weighted by molar-refractivity contribution is 0.336. The zero-order valence-corrected chi connectivity index (χ0v) is 14.3. The van der Waals surface area contributed by atoms with E-state index in [4.69, 9.17) is 4.74 Å². The predicted molar refractivity (Wildman–Crippen MR) is 92.0 cm³/mol. The summed E-state index contributed by atoms with van der Waals surface area (Å²) >= 11 is 0. The Morgan fingerprint density at radius 2 is 1.95 bits per heavy atom. The van der Waals surface area contributed by atoms with Gasteiger partial charge in [0.25, 0.3) is 0 Å². The van der Waals surface area contributed by atoms with Gasteiger partial charge in [0, 0.05) is 6.04 Å². The molecule has 0 bridgehead atoms. The third-order valence-corrected chi connectivity index (χ3v) is 4.13. The van der Waals surface area contributed by atoms with Gasteiger partial charge in [-0.15, -0.1) is 0 Å². The molecule has 21 heavy (non-hydrogen) atoms. The number of ether oxygens (including phenoxy) is 1. The van der Waals surface area contributed by atoms with Crippen molar-refractivity contribution in [2.24, 2.45) is 5.92 Å². The first kappa shape index (κ1) is 18.0. The molecule has 0 aliphatic carbocycles. The summed E-state index contributed by atoms with van der Waals surface area (Å²) in [4.78, 5) is 0. The Morgan fingerprint density at radius 1 is 1.14 bits per heavy atom. The molecule has 1 aromatic carbocycles. The van der Waals surface area contributed by atoms with Gasteiger partial charge in [-0.2, -0.15) is 0 Å². The van der Waals surface area contributed by atoms with Gasteiger partial charge in [-0.1, -0.05) is 58.6 Å². The Bertz CT molecular complexity index is 378. The van der Waals surface area contributed by atoms with E-state index in [1.165, 1.54) is 37.7 Å². The molecule has 2 atom stereocenters. The fourth-order valence-corrected chi connectivity index (χ4v) is 2.89. The van der Waals surface area contributed by atoms with Crippen molar-refractivity contribution in [3.8, 4) is 5.75 Å². The van der Waals surface area contributed by atoms with Crippen LogP contribution in [0.3, 0.4) is 0 Å². The normalized spacial score (nSPS) is 13.9. The third-order valence-electron chi connectivity index (χ3n) is 4.13. The van der Waals surface area contributed by atoms with Gasteiger partial charge in [-0.3, -0.25) is 0 Å². The van der Waals surface area contributed by atoms with Crippen molar-refractivity contribution in [2.75, 3.05) is 13.2 Å². The van der Waals surface area contributed by atoms with Crippen LogP contribution in [0.25, 0.3) is 0 Å². The van der Waals surface area contributed by atoms with Crippen molar-refractivity contribution in [2.45, 2.75) is 65.8 Å². The summed E-state index contributed by atoms with van der Waals surface area (Å²) in [7, 11) is 0. The molecule has 0 aliphatic heterocycles. The second-order valence-corrected chi connectivity index (χ2v) is 5.77. The van der Waals surface area contributed by atoms with Gasteiger partial charge in [0.15, 0.2) is 0 Å². The summed E-state index contributed by atoms with van der Waals surface area (Å²) in [6.07, 6.45) is 6.48. The molecule has 1 N–H and O–H groups in total. The zero-order valence-electron chi connectivity index (χ0n) is 14.3. The highest BCUT2D eigenvalue weighted by Gasteiger charge is 2.16. The fourth-order valence-electron chi connectivity index (χ4n) is 2.89. The average molecular weight is 291 g/mol. The van der Waals surface area contributed by atoms with Crippen molar-refractivity contribution in [3.63, 3.8) is 0 Å². The molecule has 2 heteroatoms. The van der Waals surface area contributed by atoms with Crippen molar-refractivity contribution >= 4 is 0 Å². The molecule has 0 spiro atoms. The van der Waals surface area contributed by atoms with Gasteiger partial charge >= 0.3 is 0 Å². The van der Waals surface area contributed by atoms with Gasteiger partial charge in [0.2, 0.25) is 0 Å². The zero-order chi connectivity index (χ0) is 15.5. The number of hydrogen-bond donors (Lipinski definition) is 1. The van der Waals surface area contributed by atoms with Crippen LogP contribution in [0.5, 0.6) is 5.75 Å². The van der Waals surface area contributed by atoms with E-state index >= 15 is 0 Å². The van der Waals surface area contributed by atoms with E-state index in [2.05, 4.69) is 44.3 Å². The van der Waals surface area contributed by atoms with Crippen LogP contribution >= 0.6 is 0 Å². The number of rotatable bonds is 11. The van der Waals surface area contributed by atoms with Crippen LogP contribution in [0, 0.1) is 5.92 Å². The first-order valence-electron chi connectivity index (χ1n) is 8.71. The number of benzene rings is 1. The highest BCUT2D eigenvalue weighted by Crippen LogP contribution is 2.28. The quantitative estimate of drug-likeness (QED) is 0.594. The molecule has 2 unspecified atom stereocenters. The lowest BCUT2D eigenvalue weighted by Gasteiger charge is -2.24. The van der Waals surface area contributed by atoms with Crippen molar-refractivity contribution in [3.05, 3.63) is 29.8 Å². The Kier molecular flexibility index (Phi) is 9.16. The fraction of sp³-hybridized carbons (Fsp3) is 0.684. The highest BCUT2D eigenvalue weighted by molar-refractivity contribution is 5.30. The predicted octanol–water partition coefficient (Wildman–Crippen LogP) is 5.34. The molecule has 0 radical (unpaired) electrons. The maximum absolute atomic E-state index is 5.64. The SMILES string of the molecule is CCCCC(CC)CC(NCC)c1cccc(OCC)c1. The van der Waals surface area contributed by atoms with E-state index in [0.29, 0.717) is 6.04 Å². The van der Waals surface area contributed by atoms with Crippen LogP contribution < -0.4 is 10.1 Å². The van der Waals surface area contributed by atoms with Crippen molar-refractivity contribution < 1.29 is 4.74 Å². The lowest BCUT2D eigenvalue weighted by atomic mass is 9.89. The molecule has 0 fully saturated rings. The van der Waals surface area contributed by atoms with E-state index in [-0.39, 0.29) is 0 Å². The van der Waals surface area contributed by atoms with E-state index in [1.807, 2.05) is 13.0 Å². The highest BCUT2D eigenvalue weighted by atomic mass is 16.5. The Labute approximate surface area is 131 Å². The summed E-state index contributed by atoms with van der Waals surface area (Å²) in [6.45, 7) is 10.6. The number of unbranched alkanes of at least 4 members (excludes halogenated alkanes) is 1. The summed E-state index contributed by atoms with van der Waals surface area (Å²) in [5.74, 6) is 1.80. The summed E-state index contributed by atoms with van der Waals surface area (Å²) in [5, 5.41) is 3.65. The Morgan fingerprint density at radius 3 is 2.57 bits per heavy atom. The minimum absolute atomic E-state index is 0.442. The smallest absolute Gasteiger partial charge is 0.119 e. The number of hydrogen-bond acceptors (Lipinski definition) is 2. The third kappa shape index (κ3) is 6.52. The second kappa shape index (κ2) is 10.7. The summed E-state index contributed by atoms with van der Waals surface area (Å²) in [5.41, 5.74) is 1.36. The monoisotopic (exact) mass is 291 g/mol. The molecule has 2 nitrogen and oxygen atoms in total. The van der Waals surface area contributed by atoms with Crippen LogP contribution in [-0.2, 0) is 0 Å². The topological polar surface area (TPSA) is 21.3 Å². The maximum Gasteiger partial charge on any atom is 0.119 e. The first-order chi connectivity index (χ1) is 10.2. The minimum atomic E-state index is 0.442. The Balaban J connectivity index is 2.76. The van der Waals surface area contributed by atoms with Crippen LogP contribution in [0.1, 0.15) is 71.4 Å². The molecule has 1 rings (SSSR count). The van der Waals surface area contributed by atoms with E-state index in [1.54, 1.807) is 0 Å². The molecule has 0 saturated heterocycles. The van der Waals surface area contributed by atoms with Crippen molar-refractivity contribution in [1.29, 1.82) is 0 Å². The molecule has 1 aromatic rings. The van der Waals surface area contributed by atoms with Crippen LogP contribution in [0.4, 0.5) is 0 Å². The molecule has 0 aromatic heterocycles. The van der Waals surface area contributed by atoms with Gasteiger partial charge in [0.1, 0.15) is 5.75 Å². The first-order valence-corrected chi connectivity index (χ1v) is 8.71. The lowest BCUT2D eigenvalue weighted by Crippen LogP contribution is -2.23. The number of nitrogens with one attached hydrogen (secondary N) is 1. The average Bonchev–Trinajstić information content (AvgIpc) is 2.51. The van der Waals surface area contributed by atoms with E-state index in [0.717, 1.165) is 24.8 Å².